The summed E-state index contributed by atoms with van der Waals surface area (Å²) in [7, 11) is -10.7. The molecule has 0 bridgehead atoms. The standard InChI is InChI=1S/C21H29N7O14P2.C6H12O3/c22-17-12-19(25-7-24-17)28(8-26-12)21-16(32)14(30)11(41-21)6-39-44(36,37)42-43(34,35)38-5-10-13(29)15(31)20(40-10)27-3-1-2-9(4-27)18(23)33;1-3-4-6(2,9)5(7)8/h1,3-4,7-8,10-11,13-16,20-21,29-32H,2,5-6H2,(H2,23,33)(H,34,35)(H,36,37)(H2,22,24,25);9H,3-4H2,1-2H3,(H,7,8)/t10-,11-,13-,14-,15-,16-,20-,21-;/m1./s1. The number of primary amides is 1. The molecule has 0 spiro atoms. The number of anilines is 1. The molecule has 2 aromatic rings. The van der Waals surface area contributed by atoms with Crippen LogP contribution in [0.1, 0.15) is 39.3 Å². The van der Waals surface area contributed by atoms with Gasteiger partial charge in [-0.25, -0.2) is 28.9 Å². The molecule has 0 aliphatic carbocycles. The fourth-order valence-corrected chi connectivity index (χ4v) is 7.36. The number of aliphatic hydroxyl groups excluding tert-OH is 4. The second-order valence-electron chi connectivity index (χ2n) is 12.2. The number of ether oxygens (including phenoxy) is 2. The number of aromatic nitrogens is 4. The summed E-state index contributed by atoms with van der Waals surface area (Å²) in [4.78, 5) is 54.8. The van der Waals surface area contributed by atoms with Crippen LogP contribution in [0.3, 0.4) is 0 Å². The van der Waals surface area contributed by atoms with E-state index in [9.17, 15) is 48.9 Å². The third-order valence-electron chi connectivity index (χ3n) is 8.07. The summed E-state index contributed by atoms with van der Waals surface area (Å²) in [6, 6.07) is 0. The first-order valence-corrected chi connectivity index (χ1v) is 18.7. The van der Waals surface area contributed by atoms with Gasteiger partial charge in [0.15, 0.2) is 29.5 Å². The van der Waals surface area contributed by atoms with Gasteiger partial charge in [0, 0.05) is 18.0 Å². The van der Waals surface area contributed by atoms with E-state index in [1.165, 1.54) is 35.1 Å². The number of amides is 1. The molecule has 11 atom stereocenters. The van der Waals surface area contributed by atoms with Crippen LogP contribution in [0.15, 0.2) is 36.7 Å². The molecule has 296 valence electrons. The van der Waals surface area contributed by atoms with E-state index in [-0.39, 0.29) is 29.0 Å². The minimum atomic E-state index is -5.37. The van der Waals surface area contributed by atoms with Gasteiger partial charge < -0.3 is 66.3 Å². The van der Waals surface area contributed by atoms with Gasteiger partial charge in [-0.2, -0.15) is 4.31 Å². The van der Waals surface area contributed by atoms with E-state index in [2.05, 4.69) is 19.3 Å². The zero-order valence-corrected chi connectivity index (χ0v) is 29.9. The maximum Gasteiger partial charge on any atom is 0.481 e. The van der Waals surface area contributed by atoms with Crippen molar-refractivity contribution in [1.29, 1.82) is 0 Å². The zero-order chi connectivity index (χ0) is 39.5. The van der Waals surface area contributed by atoms with Crippen LogP contribution in [0, 0.1) is 0 Å². The van der Waals surface area contributed by atoms with Crippen molar-refractivity contribution >= 4 is 44.5 Å². The Balaban J connectivity index is 0.000000618. The molecule has 0 saturated carbocycles. The number of allylic oxidation sites excluding steroid dienone is 1. The topological polar surface area (TPSA) is 375 Å². The summed E-state index contributed by atoms with van der Waals surface area (Å²) < 4.78 is 50.8. The number of nitrogen functional groups attached to an aromatic ring is 1. The Kier molecular flexibility index (Phi) is 13.5. The largest absolute Gasteiger partial charge is 0.481 e. The fraction of sp³-hybridized carbons (Fsp3) is 0.593. The number of carboxylic acid groups (broad SMARTS) is 1. The van der Waals surface area contributed by atoms with Crippen LogP contribution in [-0.2, 0) is 41.6 Å². The highest BCUT2D eigenvalue weighted by Gasteiger charge is 2.48. The SMILES string of the molecule is CCCC(C)(O)C(=O)O.NC(=O)C1=CN([C@@H]2O[C@H](COP(=O)(O)OP(=O)(O)OC[C@H]3O[C@@H](n4cnc5c(N)ncnc54)[C@H](O)[C@@H]3O)[C@@H](O)[C@H]2O)C=CC1. The Hall–Kier alpha value is -3.45. The highest BCUT2D eigenvalue weighted by molar-refractivity contribution is 7.61. The van der Waals surface area contributed by atoms with Crippen molar-refractivity contribution in [3.05, 3.63) is 36.7 Å². The molecular weight excluding hydrogens is 756 g/mol. The number of phosphoric acid groups is 2. The van der Waals surface area contributed by atoms with E-state index < -0.39 is 95.4 Å². The van der Waals surface area contributed by atoms with Gasteiger partial charge in [0.2, 0.25) is 5.91 Å². The van der Waals surface area contributed by atoms with E-state index in [0.29, 0.717) is 12.8 Å². The Morgan fingerprint density at radius 3 is 2.08 bits per heavy atom. The quantitative estimate of drug-likeness (QED) is 0.0918. The Morgan fingerprint density at radius 2 is 1.55 bits per heavy atom. The molecule has 12 N–H and O–H groups in total. The number of phosphoric ester groups is 2. The van der Waals surface area contributed by atoms with Crippen molar-refractivity contribution in [2.24, 2.45) is 5.73 Å². The molecule has 2 saturated heterocycles. The molecule has 3 aliphatic rings. The lowest BCUT2D eigenvalue weighted by molar-refractivity contribution is -0.157. The van der Waals surface area contributed by atoms with Crippen LogP contribution in [-0.4, -0.2) is 138 Å². The lowest BCUT2D eigenvalue weighted by Crippen LogP contribution is -2.40. The predicted molar refractivity (Wildman–Crippen MR) is 175 cm³/mol. The van der Waals surface area contributed by atoms with Gasteiger partial charge in [0.1, 0.15) is 48.5 Å². The summed E-state index contributed by atoms with van der Waals surface area (Å²) in [5, 5.41) is 59.0. The molecule has 1 amide bonds. The van der Waals surface area contributed by atoms with Crippen LogP contribution in [0.2, 0.25) is 0 Å². The molecule has 0 radical (unpaired) electrons. The minimum Gasteiger partial charge on any atom is -0.479 e. The second kappa shape index (κ2) is 16.9. The van der Waals surface area contributed by atoms with E-state index in [1.807, 2.05) is 6.92 Å². The number of nitrogens with two attached hydrogens (primary N) is 2. The molecule has 26 heteroatoms. The molecular formula is C27H41N7O17P2. The Labute approximate surface area is 300 Å². The Bertz CT molecular complexity index is 1790. The number of carbonyl (C=O) groups is 2. The van der Waals surface area contributed by atoms with E-state index in [0.717, 1.165) is 6.33 Å². The van der Waals surface area contributed by atoms with Gasteiger partial charge in [-0.3, -0.25) is 18.4 Å². The summed E-state index contributed by atoms with van der Waals surface area (Å²) in [6.45, 7) is 1.35. The lowest BCUT2D eigenvalue weighted by Gasteiger charge is -2.28. The highest BCUT2D eigenvalue weighted by atomic mass is 31.3. The van der Waals surface area contributed by atoms with Gasteiger partial charge in [0.25, 0.3) is 0 Å². The summed E-state index contributed by atoms with van der Waals surface area (Å²) >= 11 is 0. The predicted octanol–water partition coefficient (Wildman–Crippen LogP) is -2.06. The summed E-state index contributed by atoms with van der Waals surface area (Å²) in [5.41, 5.74) is 10.0. The molecule has 53 heavy (non-hydrogen) atoms. The maximum absolute atomic E-state index is 12.4. The van der Waals surface area contributed by atoms with Crippen LogP contribution >= 0.6 is 15.6 Å². The van der Waals surface area contributed by atoms with Crippen molar-refractivity contribution in [2.45, 2.75) is 87.8 Å². The average Bonchev–Trinajstić information content (AvgIpc) is 3.72. The lowest BCUT2D eigenvalue weighted by atomic mass is 10.0. The minimum absolute atomic E-state index is 0.0517. The molecule has 5 rings (SSSR count). The third kappa shape index (κ3) is 10.2. The number of hydrogen-bond acceptors (Lipinski definition) is 19. The first kappa shape index (κ1) is 42.3. The van der Waals surface area contributed by atoms with Gasteiger partial charge in [0.05, 0.1) is 19.5 Å². The van der Waals surface area contributed by atoms with E-state index >= 15 is 0 Å². The normalized spacial score (nSPS) is 30.5. The van der Waals surface area contributed by atoms with Crippen LogP contribution < -0.4 is 11.5 Å². The zero-order valence-electron chi connectivity index (χ0n) is 28.1. The molecule has 24 nitrogen and oxygen atoms in total. The maximum atomic E-state index is 12.4. The van der Waals surface area contributed by atoms with Crippen LogP contribution in [0.4, 0.5) is 5.82 Å². The smallest absolute Gasteiger partial charge is 0.479 e. The van der Waals surface area contributed by atoms with Crippen molar-refractivity contribution < 1.29 is 82.0 Å². The molecule has 3 unspecified atom stereocenters. The number of rotatable bonds is 14. The van der Waals surface area contributed by atoms with Crippen molar-refractivity contribution in [3.8, 4) is 0 Å². The fourth-order valence-electron chi connectivity index (χ4n) is 5.27. The first-order chi connectivity index (χ1) is 24.7. The van der Waals surface area contributed by atoms with Crippen LogP contribution in [0.5, 0.6) is 0 Å². The number of fused-ring (bicyclic) bond motifs is 1. The van der Waals surface area contributed by atoms with Crippen LogP contribution in [0.25, 0.3) is 11.2 Å². The van der Waals surface area contributed by atoms with Gasteiger partial charge >= 0.3 is 21.6 Å². The molecule has 2 fully saturated rings. The van der Waals surface area contributed by atoms with Gasteiger partial charge in [-0.15, -0.1) is 0 Å². The second-order valence-corrected chi connectivity index (χ2v) is 15.2. The number of aliphatic carboxylic acids is 1. The molecule has 5 heterocycles. The molecule has 2 aromatic heterocycles. The number of carbonyl (C=O) groups excluding carboxylic acids is 1. The van der Waals surface area contributed by atoms with Crippen molar-refractivity contribution in [1.82, 2.24) is 24.4 Å². The number of carboxylic acids is 1. The summed E-state index contributed by atoms with van der Waals surface area (Å²) in [5.74, 6) is -1.81. The summed E-state index contributed by atoms with van der Waals surface area (Å²) in [6.07, 6.45) is -3.89. The third-order valence-corrected chi connectivity index (χ3v) is 10.7. The van der Waals surface area contributed by atoms with Gasteiger partial charge in [-0.05, 0) is 19.8 Å². The van der Waals surface area contributed by atoms with Crippen molar-refractivity contribution in [2.75, 3.05) is 18.9 Å². The molecule has 3 aliphatic heterocycles. The Morgan fingerprint density at radius 1 is 0.981 bits per heavy atom. The van der Waals surface area contributed by atoms with Crippen molar-refractivity contribution in [3.63, 3.8) is 0 Å². The number of imidazole rings is 1. The number of hydrogen-bond donors (Lipinski definition) is 10. The van der Waals surface area contributed by atoms with Gasteiger partial charge in [-0.1, -0.05) is 19.4 Å². The average molecular weight is 798 g/mol. The first-order valence-electron chi connectivity index (χ1n) is 15.7. The number of aliphatic hydroxyl groups is 5. The molecule has 0 aromatic carbocycles. The van der Waals surface area contributed by atoms with E-state index in [4.69, 9.17) is 40.2 Å². The van der Waals surface area contributed by atoms with E-state index in [1.54, 1.807) is 6.08 Å². The number of nitrogens with zero attached hydrogens (tertiary/aromatic N) is 5. The monoisotopic (exact) mass is 797 g/mol. The highest BCUT2D eigenvalue weighted by Crippen LogP contribution is 2.60.